The molecule has 2 aromatic rings. The fourth-order valence-electron chi connectivity index (χ4n) is 3.77. The number of fused-ring (bicyclic) bond motifs is 1. The molecule has 2 atom stereocenters. The maximum absolute atomic E-state index is 13.2. The van der Waals surface area contributed by atoms with Crippen LogP contribution in [0.1, 0.15) is 19.4 Å². The summed E-state index contributed by atoms with van der Waals surface area (Å²) in [6, 6.07) is 10.8. The minimum absolute atomic E-state index is 0.0350. The molecule has 0 spiro atoms. The molecule has 8 nitrogen and oxygen atoms in total. The lowest BCUT2D eigenvalue weighted by atomic mass is 10.2. The summed E-state index contributed by atoms with van der Waals surface area (Å²) < 4.78 is 67.3. The van der Waals surface area contributed by atoms with Gasteiger partial charge >= 0.3 is 0 Å². The van der Waals surface area contributed by atoms with E-state index < -0.39 is 36.7 Å². The van der Waals surface area contributed by atoms with Gasteiger partial charge in [-0.05, 0) is 55.8 Å². The average Bonchev–Trinajstić information content (AvgIpc) is 3.29. The van der Waals surface area contributed by atoms with Crippen molar-refractivity contribution in [3.05, 3.63) is 48.0 Å². The molecule has 0 aromatic heterocycles. The van der Waals surface area contributed by atoms with Crippen LogP contribution in [0.2, 0.25) is 0 Å². The highest BCUT2D eigenvalue weighted by Crippen LogP contribution is 2.33. The van der Waals surface area contributed by atoms with Crippen LogP contribution in [-0.4, -0.2) is 52.5 Å². The van der Waals surface area contributed by atoms with Gasteiger partial charge in [-0.15, -0.1) is 0 Å². The second kappa shape index (κ2) is 8.33. The van der Waals surface area contributed by atoms with Gasteiger partial charge in [0.15, 0.2) is 31.2 Å². The summed E-state index contributed by atoms with van der Waals surface area (Å²) >= 11 is 0. The summed E-state index contributed by atoms with van der Waals surface area (Å²) in [5.41, 5.74) is 0.847. The number of hydrogen-bond acceptors (Lipinski definition) is 8. The average molecular weight is 468 g/mol. The Labute approximate surface area is 182 Å². The minimum Gasteiger partial charge on any atom is -0.491 e. The topological polar surface area (TPSA) is 108 Å². The van der Waals surface area contributed by atoms with E-state index in [9.17, 15) is 16.8 Å². The summed E-state index contributed by atoms with van der Waals surface area (Å²) in [5.74, 6) is 1.20. The Kier molecular flexibility index (Phi) is 5.89. The molecule has 0 amide bonds. The first-order chi connectivity index (χ1) is 14.6. The minimum atomic E-state index is -3.86. The molecule has 0 saturated carbocycles. The second-order valence-electron chi connectivity index (χ2n) is 7.97. The van der Waals surface area contributed by atoms with Crippen LogP contribution in [0.3, 0.4) is 0 Å². The summed E-state index contributed by atoms with van der Waals surface area (Å²) in [6.45, 7) is 4.23. The van der Waals surface area contributed by atoms with E-state index in [-0.39, 0.29) is 23.5 Å². The van der Waals surface area contributed by atoms with Crippen LogP contribution >= 0.6 is 0 Å². The third-order valence-corrected chi connectivity index (χ3v) is 9.39. The van der Waals surface area contributed by atoms with Crippen LogP contribution in [0.4, 0.5) is 0 Å². The number of benzene rings is 2. The fraction of sp³-hybridized carbons (Fsp3) is 0.429. The van der Waals surface area contributed by atoms with Crippen molar-refractivity contribution in [1.82, 2.24) is 5.32 Å². The van der Waals surface area contributed by atoms with Gasteiger partial charge in [0.25, 0.3) is 0 Å². The second-order valence-corrected chi connectivity index (χ2v) is 12.3. The molecule has 1 fully saturated rings. The maximum atomic E-state index is 13.2. The molecule has 0 radical (unpaired) electrons. The third-order valence-electron chi connectivity index (χ3n) is 5.23. The van der Waals surface area contributed by atoms with Gasteiger partial charge in [-0.3, -0.25) is 0 Å². The first-order valence-electron chi connectivity index (χ1n) is 9.97. The first kappa shape index (κ1) is 21.9. The van der Waals surface area contributed by atoms with Crippen LogP contribution in [-0.2, 0) is 26.2 Å². The van der Waals surface area contributed by atoms with Gasteiger partial charge in [0.1, 0.15) is 5.75 Å². The van der Waals surface area contributed by atoms with E-state index >= 15 is 0 Å². The zero-order chi connectivity index (χ0) is 22.2. The van der Waals surface area contributed by atoms with Crippen LogP contribution in [0, 0.1) is 0 Å². The summed E-state index contributed by atoms with van der Waals surface area (Å²) in [5, 5.41) is 2.06. The molecular weight excluding hydrogens is 442 g/mol. The SMILES string of the molecule is CC(C)Oc1ccc(S(=O)(=O)[C@H]2CS(=O)(=O)C[C@@H]2NCc2ccc3c(c2)OCO3)cc1. The summed E-state index contributed by atoms with van der Waals surface area (Å²) in [7, 11) is -7.34. The largest absolute Gasteiger partial charge is 0.491 e. The number of nitrogens with one attached hydrogen (secondary N) is 1. The van der Waals surface area contributed by atoms with E-state index in [1.54, 1.807) is 24.3 Å². The predicted octanol–water partition coefficient (Wildman–Crippen LogP) is 1.93. The quantitative estimate of drug-likeness (QED) is 0.658. The molecule has 1 N–H and O–H groups in total. The van der Waals surface area contributed by atoms with Crippen molar-refractivity contribution in [2.45, 2.75) is 42.7 Å². The third kappa shape index (κ3) is 4.81. The van der Waals surface area contributed by atoms with Crippen LogP contribution in [0.25, 0.3) is 0 Å². The Balaban J connectivity index is 1.52. The highest BCUT2D eigenvalue weighted by atomic mass is 32.2. The standard InChI is InChI=1S/C21H25NO7S2/c1-14(2)29-16-4-6-17(7-5-16)31(25,26)21-12-30(23,24)11-18(21)22-10-15-3-8-19-20(9-15)28-13-27-19/h3-9,14,18,21-22H,10-13H2,1-2H3/t18-,21-/m0/s1. The molecule has 168 valence electrons. The van der Waals surface area contributed by atoms with Crippen molar-refractivity contribution >= 4 is 19.7 Å². The molecular formula is C21H25NO7S2. The van der Waals surface area contributed by atoms with Gasteiger partial charge in [0.05, 0.1) is 27.8 Å². The Morgan fingerprint density at radius 1 is 1.06 bits per heavy atom. The van der Waals surface area contributed by atoms with Crippen molar-refractivity contribution in [2.75, 3.05) is 18.3 Å². The first-order valence-corrected chi connectivity index (χ1v) is 13.3. The molecule has 2 aliphatic heterocycles. The Bertz CT molecular complexity index is 1160. The van der Waals surface area contributed by atoms with Crippen molar-refractivity contribution < 1.29 is 31.0 Å². The monoisotopic (exact) mass is 467 g/mol. The van der Waals surface area contributed by atoms with Crippen molar-refractivity contribution in [1.29, 1.82) is 0 Å². The number of rotatable bonds is 7. The van der Waals surface area contributed by atoms with Crippen molar-refractivity contribution in [3.8, 4) is 17.2 Å². The molecule has 10 heteroatoms. The highest BCUT2D eigenvalue weighted by Gasteiger charge is 2.45. The molecule has 0 unspecified atom stereocenters. The van der Waals surface area contributed by atoms with E-state index in [2.05, 4.69) is 5.32 Å². The van der Waals surface area contributed by atoms with Gasteiger partial charge < -0.3 is 19.5 Å². The number of sulfone groups is 2. The molecule has 2 aliphatic rings. The Morgan fingerprint density at radius 2 is 1.77 bits per heavy atom. The lowest BCUT2D eigenvalue weighted by molar-refractivity contribution is 0.174. The van der Waals surface area contributed by atoms with Gasteiger partial charge in [-0.1, -0.05) is 6.07 Å². The van der Waals surface area contributed by atoms with Gasteiger partial charge in [-0.25, -0.2) is 16.8 Å². The Morgan fingerprint density at radius 3 is 2.48 bits per heavy atom. The molecule has 0 bridgehead atoms. The molecule has 2 heterocycles. The van der Waals surface area contributed by atoms with Crippen LogP contribution in [0.5, 0.6) is 17.2 Å². The van der Waals surface area contributed by atoms with E-state index in [1.807, 2.05) is 19.9 Å². The van der Waals surface area contributed by atoms with E-state index in [1.165, 1.54) is 12.1 Å². The zero-order valence-corrected chi connectivity index (χ0v) is 18.9. The van der Waals surface area contributed by atoms with E-state index in [0.29, 0.717) is 23.8 Å². The van der Waals surface area contributed by atoms with Crippen LogP contribution < -0.4 is 19.5 Å². The highest BCUT2D eigenvalue weighted by molar-refractivity contribution is 7.96. The molecule has 1 saturated heterocycles. The zero-order valence-electron chi connectivity index (χ0n) is 17.3. The smallest absolute Gasteiger partial charge is 0.231 e. The number of hydrogen-bond donors (Lipinski definition) is 1. The number of ether oxygens (including phenoxy) is 3. The van der Waals surface area contributed by atoms with Gasteiger partial charge in [0.2, 0.25) is 6.79 Å². The molecule has 2 aromatic carbocycles. The summed E-state index contributed by atoms with van der Waals surface area (Å²) in [4.78, 5) is 0.0839. The lowest BCUT2D eigenvalue weighted by Gasteiger charge is -2.20. The Hall–Kier alpha value is -2.30. The summed E-state index contributed by atoms with van der Waals surface area (Å²) in [6.07, 6.45) is -0.0350. The predicted molar refractivity (Wildman–Crippen MR) is 115 cm³/mol. The van der Waals surface area contributed by atoms with Gasteiger partial charge in [-0.2, -0.15) is 0 Å². The normalized spacial score (nSPS) is 22.0. The fourth-order valence-corrected chi connectivity index (χ4v) is 8.48. The van der Waals surface area contributed by atoms with Crippen LogP contribution in [0.15, 0.2) is 47.4 Å². The molecule has 0 aliphatic carbocycles. The molecule has 4 rings (SSSR count). The lowest BCUT2D eigenvalue weighted by Crippen LogP contribution is -2.43. The van der Waals surface area contributed by atoms with Crippen molar-refractivity contribution in [2.24, 2.45) is 0 Å². The van der Waals surface area contributed by atoms with E-state index in [0.717, 1.165) is 5.56 Å². The molecule has 31 heavy (non-hydrogen) atoms. The van der Waals surface area contributed by atoms with E-state index in [4.69, 9.17) is 14.2 Å². The van der Waals surface area contributed by atoms with Gasteiger partial charge in [0, 0.05) is 12.6 Å². The van der Waals surface area contributed by atoms with Crippen molar-refractivity contribution in [3.63, 3.8) is 0 Å². The maximum Gasteiger partial charge on any atom is 0.231 e.